The van der Waals surface area contributed by atoms with Gasteiger partial charge in [0.1, 0.15) is 31.0 Å². The summed E-state index contributed by atoms with van der Waals surface area (Å²) in [6.07, 6.45) is 27.3. The molecule has 322 valence electrons. The largest absolute Gasteiger partial charge is 0.463 e. The number of fused-ring (bicyclic) bond motifs is 5. The van der Waals surface area contributed by atoms with Gasteiger partial charge >= 0.3 is 5.97 Å². The summed E-state index contributed by atoms with van der Waals surface area (Å²) in [6.45, 7) is 14.5. The van der Waals surface area contributed by atoms with Gasteiger partial charge < -0.3 is 29.5 Å². The van der Waals surface area contributed by atoms with Crippen molar-refractivity contribution < 1.29 is 34.3 Å². The second kappa shape index (κ2) is 21.8. The fraction of sp³-hybridized carbons (Fsp3) is 0.898. The van der Waals surface area contributed by atoms with Crippen LogP contribution in [0.2, 0.25) is 0 Å². The van der Waals surface area contributed by atoms with Crippen LogP contribution >= 0.6 is 0 Å². The van der Waals surface area contributed by atoms with Crippen LogP contribution in [0.25, 0.3) is 0 Å². The average Bonchev–Trinajstić information content (AvgIpc) is 3.53. The molecule has 0 radical (unpaired) electrons. The molecule has 7 nitrogen and oxygen atoms in total. The van der Waals surface area contributed by atoms with E-state index in [-0.39, 0.29) is 24.1 Å². The van der Waals surface area contributed by atoms with Crippen molar-refractivity contribution in [2.75, 3.05) is 6.61 Å². The minimum Gasteiger partial charge on any atom is -0.463 e. The van der Waals surface area contributed by atoms with Gasteiger partial charge in [-0.3, -0.25) is 4.79 Å². The minimum absolute atomic E-state index is 0.141. The van der Waals surface area contributed by atoms with E-state index >= 15 is 0 Å². The zero-order chi connectivity index (χ0) is 40.3. The summed E-state index contributed by atoms with van der Waals surface area (Å²) in [5.74, 6) is 4.42. The molecule has 0 bridgehead atoms. The van der Waals surface area contributed by atoms with Crippen LogP contribution < -0.4 is 0 Å². The lowest BCUT2D eigenvalue weighted by molar-refractivity contribution is -0.313. The molecular formula is C49H84O7. The first kappa shape index (κ1) is 45.8. The average molecular weight is 785 g/mol. The second-order valence-corrected chi connectivity index (χ2v) is 20.1. The Morgan fingerprint density at radius 3 is 2.29 bits per heavy atom. The quantitative estimate of drug-likeness (QED) is 0.0570. The first-order chi connectivity index (χ1) is 26.9. The summed E-state index contributed by atoms with van der Waals surface area (Å²) in [4.78, 5) is 12.6. The Morgan fingerprint density at radius 1 is 0.839 bits per heavy atom. The molecule has 4 fully saturated rings. The fourth-order valence-corrected chi connectivity index (χ4v) is 12.4. The molecule has 1 heterocycles. The van der Waals surface area contributed by atoms with Crippen molar-refractivity contribution in [3.05, 3.63) is 23.8 Å². The molecule has 3 unspecified atom stereocenters. The topological polar surface area (TPSA) is 105 Å². The number of esters is 1. The normalized spacial score (nSPS) is 37.6. The van der Waals surface area contributed by atoms with E-state index in [9.17, 15) is 20.1 Å². The number of carbonyl (C=O) groups is 1. The van der Waals surface area contributed by atoms with Crippen molar-refractivity contribution in [1.82, 2.24) is 0 Å². The highest BCUT2D eigenvalue weighted by molar-refractivity contribution is 5.69. The SMILES string of the molecule is CCCCCCCC/C=C\CCCCCC(=O)OCC1O[C@@H](O[C@H]2CC[C@@]3(C)C(=CC[C@H]4[C@@H]5CC[C@H]([C@H](C)CCCC(C)C)[C@@]5(C)CC[C@@H]43)C2)C(O)C(O)[C@@H]1O. The van der Waals surface area contributed by atoms with Crippen LogP contribution in [-0.2, 0) is 19.0 Å². The number of carbonyl (C=O) groups excluding carboxylic acids is 1. The number of unbranched alkanes of at least 4 members (excludes halogenated alkanes) is 9. The highest BCUT2D eigenvalue weighted by Gasteiger charge is 2.59. The molecule has 0 aromatic rings. The van der Waals surface area contributed by atoms with Gasteiger partial charge in [-0.25, -0.2) is 0 Å². The van der Waals surface area contributed by atoms with Crippen LogP contribution in [0, 0.1) is 46.3 Å². The molecule has 0 spiro atoms. The molecule has 0 amide bonds. The summed E-state index contributed by atoms with van der Waals surface area (Å²) in [5, 5.41) is 32.4. The van der Waals surface area contributed by atoms with Crippen LogP contribution in [-0.4, -0.2) is 64.7 Å². The number of rotatable bonds is 22. The molecule has 7 heteroatoms. The van der Waals surface area contributed by atoms with Crippen LogP contribution in [0.1, 0.15) is 189 Å². The molecule has 4 aliphatic carbocycles. The molecule has 5 aliphatic rings. The predicted molar refractivity (Wildman–Crippen MR) is 226 cm³/mol. The van der Waals surface area contributed by atoms with Crippen LogP contribution in [0.15, 0.2) is 23.8 Å². The summed E-state index contributed by atoms with van der Waals surface area (Å²) in [5.41, 5.74) is 2.14. The van der Waals surface area contributed by atoms with Crippen LogP contribution in [0.3, 0.4) is 0 Å². The van der Waals surface area contributed by atoms with E-state index in [0.717, 1.165) is 87.4 Å². The Hall–Kier alpha value is -1.25. The molecule has 3 N–H and O–H groups in total. The fourth-order valence-electron chi connectivity index (χ4n) is 12.4. The van der Waals surface area contributed by atoms with Crippen molar-refractivity contribution in [2.24, 2.45) is 46.3 Å². The second-order valence-electron chi connectivity index (χ2n) is 20.1. The number of allylic oxidation sites excluding steroid dienone is 3. The lowest BCUT2D eigenvalue weighted by Crippen LogP contribution is -2.60. The van der Waals surface area contributed by atoms with Gasteiger partial charge in [0, 0.05) is 6.42 Å². The highest BCUT2D eigenvalue weighted by atomic mass is 16.7. The first-order valence-electron chi connectivity index (χ1n) is 23.7. The van der Waals surface area contributed by atoms with Gasteiger partial charge in [0.25, 0.3) is 0 Å². The van der Waals surface area contributed by atoms with E-state index in [0.29, 0.717) is 17.8 Å². The van der Waals surface area contributed by atoms with E-state index < -0.39 is 30.7 Å². The zero-order valence-corrected chi connectivity index (χ0v) is 36.6. The van der Waals surface area contributed by atoms with Crippen molar-refractivity contribution in [3.8, 4) is 0 Å². The minimum atomic E-state index is -1.44. The molecular weight excluding hydrogens is 701 g/mol. The molecule has 56 heavy (non-hydrogen) atoms. The molecule has 1 aliphatic heterocycles. The Labute approximate surface area is 342 Å². The predicted octanol–water partition coefficient (Wildman–Crippen LogP) is 11.0. The number of aliphatic hydroxyl groups is 3. The van der Waals surface area contributed by atoms with Gasteiger partial charge in [0.15, 0.2) is 6.29 Å². The van der Waals surface area contributed by atoms with Gasteiger partial charge in [-0.1, -0.05) is 123 Å². The molecule has 1 saturated heterocycles. The molecule has 0 aromatic heterocycles. The number of aliphatic hydroxyl groups excluding tert-OH is 3. The third kappa shape index (κ3) is 11.5. The number of hydrogen-bond acceptors (Lipinski definition) is 7. The maximum Gasteiger partial charge on any atom is 0.305 e. The van der Waals surface area contributed by atoms with Gasteiger partial charge in [-0.15, -0.1) is 0 Å². The van der Waals surface area contributed by atoms with Crippen molar-refractivity contribution in [2.45, 2.75) is 226 Å². The van der Waals surface area contributed by atoms with E-state index in [2.05, 4.69) is 59.8 Å². The molecule has 3 saturated carbocycles. The van der Waals surface area contributed by atoms with E-state index in [1.807, 2.05) is 0 Å². The Balaban J connectivity index is 1.04. The van der Waals surface area contributed by atoms with Crippen LogP contribution in [0.4, 0.5) is 0 Å². The summed E-state index contributed by atoms with van der Waals surface area (Å²) in [7, 11) is 0. The van der Waals surface area contributed by atoms with Crippen LogP contribution in [0.5, 0.6) is 0 Å². The monoisotopic (exact) mass is 785 g/mol. The van der Waals surface area contributed by atoms with Crippen molar-refractivity contribution in [3.63, 3.8) is 0 Å². The van der Waals surface area contributed by atoms with E-state index in [1.165, 1.54) is 89.0 Å². The van der Waals surface area contributed by atoms with Gasteiger partial charge in [0.05, 0.1) is 6.10 Å². The first-order valence-corrected chi connectivity index (χ1v) is 23.7. The van der Waals surface area contributed by atoms with Gasteiger partial charge in [-0.05, 0) is 130 Å². The summed E-state index contributed by atoms with van der Waals surface area (Å²) >= 11 is 0. The van der Waals surface area contributed by atoms with Gasteiger partial charge in [-0.2, -0.15) is 0 Å². The van der Waals surface area contributed by atoms with E-state index in [1.54, 1.807) is 0 Å². The Kier molecular flexibility index (Phi) is 17.9. The molecule has 5 rings (SSSR count). The number of hydrogen-bond donors (Lipinski definition) is 3. The maximum absolute atomic E-state index is 12.6. The lowest BCUT2D eigenvalue weighted by Gasteiger charge is -2.58. The highest BCUT2D eigenvalue weighted by Crippen LogP contribution is 2.67. The Bertz CT molecular complexity index is 1250. The standard InChI is InChI=1S/C49H84O7/c1-7-8-9-10-11-12-13-14-15-16-17-18-19-23-43(50)54-33-42-44(51)45(52)46(53)47(56-42)55-37-28-30-48(5)36(32-37)24-25-38-40-27-26-39(35(4)22-20-21-34(2)3)49(40,6)31-29-41(38)48/h14-15,24,34-35,37-42,44-47,51-53H,7-13,16-23,25-33H2,1-6H3/b15-14-/t35-,37+,38+,39-,40+,41+,42?,44-,45?,46?,47-,48+,49-/m1/s1. The van der Waals surface area contributed by atoms with Crippen molar-refractivity contribution >= 4 is 5.97 Å². The van der Waals surface area contributed by atoms with Gasteiger partial charge in [0.2, 0.25) is 0 Å². The lowest BCUT2D eigenvalue weighted by atomic mass is 9.47. The smallest absolute Gasteiger partial charge is 0.305 e. The molecule has 0 aromatic carbocycles. The van der Waals surface area contributed by atoms with Crippen molar-refractivity contribution in [1.29, 1.82) is 0 Å². The zero-order valence-electron chi connectivity index (χ0n) is 36.6. The third-order valence-electron chi connectivity index (χ3n) is 15.8. The number of ether oxygens (including phenoxy) is 3. The van der Waals surface area contributed by atoms with E-state index in [4.69, 9.17) is 14.2 Å². The molecule has 13 atom stereocenters. The maximum atomic E-state index is 12.6. The summed E-state index contributed by atoms with van der Waals surface area (Å²) < 4.78 is 18.0. The Morgan fingerprint density at radius 2 is 1.55 bits per heavy atom. The third-order valence-corrected chi connectivity index (χ3v) is 15.8. The summed E-state index contributed by atoms with van der Waals surface area (Å²) in [6, 6.07) is 0.